The number of rotatable bonds is 5. The Morgan fingerprint density at radius 3 is 2.55 bits per heavy atom. The van der Waals surface area contributed by atoms with Crippen LogP contribution in [0, 0.1) is 12.7 Å². The number of nitrogens with one attached hydrogen (secondary N) is 3. The number of hydrogen-bond acceptors (Lipinski definition) is 5. The average Bonchev–Trinajstić information content (AvgIpc) is 2.67. The van der Waals surface area contributed by atoms with Crippen molar-refractivity contribution in [2.24, 2.45) is 0 Å². The van der Waals surface area contributed by atoms with Crippen molar-refractivity contribution in [3.8, 4) is 0 Å². The molecule has 0 aliphatic heterocycles. The summed E-state index contributed by atoms with van der Waals surface area (Å²) in [6, 6.07) is 4.13. The predicted octanol–water partition coefficient (Wildman–Crippen LogP) is 4.19. The minimum absolute atomic E-state index is 0.0230. The molecule has 1 fully saturated rings. The van der Waals surface area contributed by atoms with Crippen molar-refractivity contribution in [2.45, 2.75) is 44.7 Å². The molecule has 2 amide bonds. The highest BCUT2D eigenvalue weighted by molar-refractivity contribution is 6.31. The van der Waals surface area contributed by atoms with Gasteiger partial charge in [0.05, 0.1) is 5.02 Å². The average molecular weight is 421 g/mol. The van der Waals surface area contributed by atoms with Crippen LogP contribution in [0.2, 0.25) is 5.02 Å². The van der Waals surface area contributed by atoms with Gasteiger partial charge < -0.3 is 20.9 Å². The molecular weight excluding hydrogens is 395 g/mol. The third-order valence-electron chi connectivity index (χ3n) is 4.94. The smallest absolute Gasteiger partial charge is 0.319 e. The minimum atomic E-state index is -0.515. The van der Waals surface area contributed by atoms with E-state index in [0.717, 1.165) is 37.1 Å². The number of carbonyl (C=O) groups is 1. The van der Waals surface area contributed by atoms with Gasteiger partial charge >= 0.3 is 6.03 Å². The zero-order valence-corrected chi connectivity index (χ0v) is 17.6. The summed E-state index contributed by atoms with van der Waals surface area (Å²) < 4.78 is 13.2. The van der Waals surface area contributed by atoms with Gasteiger partial charge in [0.2, 0.25) is 5.95 Å². The van der Waals surface area contributed by atoms with Gasteiger partial charge in [-0.05, 0) is 50.8 Å². The molecule has 0 bridgehead atoms. The number of hydrogen-bond donors (Lipinski definition) is 3. The van der Waals surface area contributed by atoms with Crippen molar-refractivity contribution in [3.05, 3.63) is 40.8 Å². The van der Waals surface area contributed by atoms with E-state index >= 15 is 0 Å². The number of urea groups is 1. The van der Waals surface area contributed by atoms with Gasteiger partial charge in [0.1, 0.15) is 11.6 Å². The minimum Gasteiger partial charge on any atom is -0.362 e. The maximum Gasteiger partial charge on any atom is 0.319 e. The van der Waals surface area contributed by atoms with E-state index in [1.54, 1.807) is 0 Å². The van der Waals surface area contributed by atoms with Crippen molar-refractivity contribution in [2.75, 3.05) is 29.6 Å². The summed E-state index contributed by atoms with van der Waals surface area (Å²) in [6.07, 6.45) is 5.33. The zero-order valence-electron chi connectivity index (χ0n) is 16.8. The summed E-state index contributed by atoms with van der Waals surface area (Å²) in [5.74, 6) is 1.01. The molecule has 9 heteroatoms. The highest BCUT2D eigenvalue weighted by Gasteiger charge is 2.23. The number of carbonyl (C=O) groups excluding carboxylic acids is 1. The lowest BCUT2D eigenvalue weighted by Crippen LogP contribution is -2.42. The molecule has 1 aliphatic rings. The zero-order chi connectivity index (χ0) is 21.0. The van der Waals surface area contributed by atoms with Gasteiger partial charge in [-0.15, -0.1) is 0 Å². The lowest BCUT2D eigenvalue weighted by molar-refractivity contribution is 0.243. The first-order chi connectivity index (χ1) is 13.8. The van der Waals surface area contributed by atoms with Gasteiger partial charge in [-0.3, -0.25) is 0 Å². The highest BCUT2D eigenvalue weighted by Crippen LogP contribution is 2.23. The van der Waals surface area contributed by atoms with E-state index in [1.807, 2.05) is 32.1 Å². The van der Waals surface area contributed by atoms with Crippen LogP contribution in [0.4, 0.5) is 26.6 Å². The van der Waals surface area contributed by atoms with E-state index in [-0.39, 0.29) is 23.1 Å². The Morgan fingerprint density at radius 2 is 1.90 bits per heavy atom. The Bertz CT molecular complexity index is 870. The van der Waals surface area contributed by atoms with Crippen LogP contribution in [-0.2, 0) is 0 Å². The number of aryl methyl sites for hydroxylation is 1. The molecule has 2 aromatic rings. The van der Waals surface area contributed by atoms with Crippen molar-refractivity contribution < 1.29 is 9.18 Å². The molecule has 0 atom stereocenters. The maximum atomic E-state index is 13.2. The molecule has 1 saturated carbocycles. The summed E-state index contributed by atoms with van der Waals surface area (Å²) in [5, 5.41) is 9.03. The molecular formula is C20H26ClFN6O. The van der Waals surface area contributed by atoms with Crippen LogP contribution in [-0.4, -0.2) is 42.2 Å². The van der Waals surface area contributed by atoms with Crippen molar-refractivity contribution >= 4 is 35.1 Å². The van der Waals surface area contributed by atoms with Gasteiger partial charge in [0.25, 0.3) is 0 Å². The lowest BCUT2D eigenvalue weighted by atomic mass is 9.91. The molecule has 0 unspecified atom stereocenters. The summed E-state index contributed by atoms with van der Waals surface area (Å²) in [7, 11) is 3.92. The first-order valence-electron chi connectivity index (χ1n) is 9.62. The Hall–Kier alpha value is -2.61. The van der Waals surface area contributed by atoms with Crippen LogP contribution in [0.15, 0.2) is 24.4 Å². The van der Waals surface area contributed by atoms with E-state index in [9.17, 15) is 9.18 Å². The lowest BCUT2D eigenvalue weighted by Gasteiger charge is -2.30. The highest BCUT2D eigenvalue weighted by atomic mass is 35.5. The fourth-order valence-electron chi connectivity index (χ4n) is 3.45. The SMILES string of the molecule is Cc1cnc(N[C@H]2CC[C@@H](NC(=O)Nc3ccc(F)c(Cl)c3)CC2)nc1N(C)C. The topological polar surface area (TPSA) is 82.2 Å². The molecule has 156 valence electrons. The van der Waals surface area contributed by atoms with E-state index < -0.39 is 5.82 Å². The quantitative estimate of drug-likeness (QED) is 0.675. The number of nitrogens with zero attached hydrogens (tertiary/aromatic N) is 3. The summed E-state index contributed by atoms with van der Waals surface area (Å²) in [4.78, 5) is 23.1. The van der Waals surface area contributed by atoms with Gasteiger partial charge in [0.15, 0.2) is 0 Å². The van der Waals surface area contributed by atoms with E-state index in [2.05, 4.69) is 25.9 Å². The Balaban J connectivity index is 1.47. The molecule has 1 aromatic carbocycles. The summed E-state index contributed by atoms with van der Waals surface area (Å²) in [6.45, 7) is 1.99. The molecule has 0 radical (unpaired) electrons. The third kappa shape index (κ3) is 5.69. The van der Waals surface area contributed by atoms with Gasteiger partial charge in [-0.1, -0.05) is 11.6 Å². The van der Waals surface area contributed by atoms with Crippen LogP contribution in [0.5, 0.6) is 0 Å². The van der Waals surface area contributed by atoms with Gasteiger partial charge in [-0.2, -0.15) is 4.98 Å². The van der Waals surface area contributed by atoms with Crippen molar-refractivity contribution in [3.63, 3.8) is 0 Å². The summed E-state index contributed by atoms with van der Waals surface area (Å²) in [5.41, 5.74) is 1.49. The van der Waals surface area contributed by atoms with Crippen LogP contribution in [0.1, 0.15) is 31.2 Å². The third-order valence-corrected chi connectivity index (χ3v) is 5.23. The van der Waals surface area contributed by atoms with Crippen LogP contribution >= 0.6 is 11.6 Å². The molecule has 3 rings (SSSR count). The molecule has 29 heavy (non-hydrogen) atoms. The number of amides is 2. The number of anilines is 3. The standard InChI is InChI=1S/C20H26ClFN6O/c1-12-11-23-19(27-18(12)28(2)3)24-13-4-6-14(7-5-13)25-20(29)26-15-8-9-17(22)16(21)10-15/h8-11,13-14H,4-7H2,1-3H3,(H,23,24,27)(H2,25,26,29)/t13-,14+. The molecule has 0 saturated heterocycles. The van der Waals surface area contributed by atoms with E-state index in [4.69, 9.17) is 11.6 Å². The normalized spacial score (nSPS) is 18.8. The Kier molecular flexibility index (Phi) is 6.74. The second-order valence-electron chi connectivity index (χ2n) is 7.51. The molecule has 1 aromatic heterocycles. The van der Waals surface area contributed by atoms with Crippen molar-refractivity contribution in [1.82, 2.24) is 15.3 Å². The first-order valence-corrected chi connectivity index (χ1v) is 9.99. The predicted molar refractivity (Wildman–Crippen MR) is 114 cm³/mol. The Morgan fingerprint density at radius 1 is 1.21 bits per heavy atom. The summed E-state index contributed by atoms with van der Waals surface area (Å²) >= 11 is 5.74. The second-order valence-corrected chi connectivity index (χ2v) is 7.92. The molecule has 0 spiro atoms. The number of benzene rings is 1. The molecule has 1 aliphatic carbocycles. The molecule has 1 heterocycles. The fraction of sp³-hybridized carbons (Fsp3) is 0.450. The molecule has 7 nitrogen and oxygen atoms in total. The largest absolute Gasteiger partial charge is 0.362 e. The van der Waals surface area contributed by atoms with Gasteiger partial charge in [-0.25, -0.2) is 14.2 Å². The number of halogens is 2. The molecule has 3 N–H and O–H groups in total. The van der Waals surface area contributed by atoms with Crippen LogP contribution < -0.4 is 20.9 Å². The Labute approximate surface area is 175 Å². The fourth-order valence-corrected chi connectivity index (χ4v) is 3.63. The van der Waals surface area contributed by atoms with E-state index in [0.29, 0.717) is 11.6 Å². The van der Waals surface area contributed by atoms with Gasteiger partial charge in [0, 0.05) is 43.6 Å². The van der Waals surface area contributed by atoms with E-state index in [1.165, 1.54) is 18.2 Å². The van der Waals surface area contributed by atoms with Crippen LogP contribution in [0.25, 0.3) is 0 Å². The maximum absolute atomic E-state index is 13.2. The van der Waals surface area contributed by atoms with Crippen molar-refractivity contribution in [1.29, 1.82) is 0 Å². The first kappa shape index (κ1) is 21.1. The van der Waals surface area contributed by atoms with Crippen LogP contribution in [0.3, 0.4) is 0 Å². The monoisotopic (exact) mass is 420 g/mol. The second kappa shape index (κ2) is 9.26. The number of aromatic nitrogens is 2.